The normalized spacial score (nSPS) is 11.6. The van der Waals surface area contributed by atoms with E-state index >= 15 is 0 Å². The maximum atomic E-state index is 12.4. The minimum Gasteiger partial charge on any atom is -0.494 e. The summed E-state index contributed by atoms with van der Waals surface area (Å²) in [4.78, 5) is 15.2. The van der Waals surface area contributed by atoms with E-state index in [1.807, 2.05) is 38.1 Å². The van der Waals surface area contributed by atoms with Crippen molar-refractivity contribution in [3.05, 3.63) is 70.0 Å². The first-order valence-corrected chi connectivity index (χ1v) is 10.2. The van der Waals surface area contributed by atoms with Crippen LogP contribution in [0.1, 0.15) is 18.1 Å². The van der Waals surface area contributed by atoms with E-state index in [4.69, 9.17) is 4.74 Å². The number of pyridine rings is 1. The molecule has 2 N–H and O–H groups in total. The molecule has 0 atom stereocenters. The van der Waals surface area contributed by atoms with E-state index < -0.39 is 10.0 Å². The lowest BCUT2D eigenvalue weighted by Gasteiger charge is -2.08. The summed E-state index contributed by atoms with van der Waals surface area (Å²) in [6, 6.07) is 13.8. The minimum atomic E-state index is -3.64. The van der Waals surface area contributed by atoms with Gasteiger partial charge >= 0.3 is 0 Å². The van der Waals surface area contributed by atoms with Crippen molar-refractivity contribution in [3.8, 4) is 5.75 Å². The lowest BCUT2D eigenvalue weighted by molar-refractivity contribution is 0.340. The molecular formula is C20H22N2O4S. The zero-order valence-corrected chi connectivity index (χ0v) is 16.1. The molecule has 7 heteroatoms. The molecule has 1 heterocycles. The first-order valence-electron chi connectivity index (χ1n) is 8.74. The van der Waals surface area contributed by atoms with E-state index in [0.717, 1.165) is 16.5 Å². The van der Waals surface area contributed by atoms with Crippen LogP contribution >= 0.6 is 0 Å². The summed E-state index contributed by atoms with van der Waals surface area (Å²) < 4.78 is 32.6. The first kappa shape index (κ1) is 19.1. The average molecular weight is 386 g/mol. The van der Waals surface area contributed by atoms with Crippen LogP contribution in [0.3, 0.4) is 0 Å². The summed E-state index contributed by atoms with van der Waals surface area (Å²) >= 11 is 0. The molecule has 0 aliphatic heterocycles. The Morgan fingerprint density at radius 1 is 1.07 bits per heavy atom. The highest BCUT2D eigenvalue weighted by molar-refractivity contribution is 7.89. The van der Waals surface area contributed by atoms with Crippen molar-refractivity contribution in [2.24, 2.45) is 0 Å². The predicted octanol–water partition coefficient (Wildman–Crippen LogP) is 2.76. The standard InChI is InChI=1S/C20H22N2O4S/c1-3-26-17-5-7-18(8-6-17)27(24,25)21-11-10-15-13-16-12-14(2)4-9-19(16)22-20(15)23/h4-9,12-13,21H,3,10-11H2,1-2H3,(H,22,23). The lowest BCUT2D eigenvalue weighted by atomic mass is 10.1. The Balaban J connectivity index is 1.70. The number of rotatable bonds is 7. The number of aromatic amines is 1. The van der Waals surface area contributed by atoms with Gasteiger partial charge in [0.1, 0.15) is 5.75 Å². The predicted molar refractivity (Wildman–Crippen MR) is 106 cm³/mol. The molecule has 0 amide bonds. The molecular weight excluding hydrogens is 364 g/mol. The highest BCUT2D eigenvalue weighted by Crippen LogP contribution is 2.16. The van der Waals surface area contributed by atoms with Gasteiger partial charge in [-0.3, -0.25) is 4.79 Å². The molecule has 0 saturated carbocycles. The molecule has 3 rings (SSSR count). The second-order valence-corrected chi connectivity index (χ2v) is 8.03. The fourth-order valence-electron chi connectivity index (χ4n) is 2.84. The van der Waals surface area contributed by atoms with E-state index in [1.54, 1.807) is 12.1 Å². The molecule has 0 fully saturated rings. The molecule has 2 aromatic carbocycles. The molecule has 1 aromatic heterocycles. The van der Waals surface area contributed by atoms with Crippen LogP contribution in [0, 0.1) is 6.92 Å². The second-order valence-electron chi connectivity index (χ2n) is 6.27. The van der Waals surface area contributed by atoms with Gasteiger partial charge in [0.05, 0.1) is 11.5 Å². The molecule has 0 unspecified atom stereocenters. The molecule has 0 saturated heterocycles. The molecule has 0 radical (unpaired) electrons. The van der Waals surface area contributed by atoms with Gasteiger partial charge in [0.2, 0.25) is 10.0 Å². The summed E-state index contributed by atoms with van der Waals surface area (Å²) in [6.45, 7) is 4.50. The third-order valence-corrected chi connectivity index (χ3v) is 5.69. The molecule has 6 nitrogen and oxygen atoms in total. The smallest absolute Gasteiger partial charge is 0.251 e. The summed E-state index contributed by atoms with van der Waals surface area (Å²) in [6.07, 6.45) is 0.301. The maximum Gasteiger partial charge on any atom is 0.251 e. The number of hydrogen-bond donors (Lipinski definition) is 2. The Morgan fingerprint density at radius 2 is 1.81 bits per heavy atom. The number of benzene rings is 2. The van der Waals surface area contributed by atoms with Gasteiger partial charge in [0, 0.05) is 17.6 Å². The van der Waals surface area contributed by atoms with Gasteiger partial charge in [-0.05, 0) is 68.1 Å². The van der Waals surface area contributed by atoms with E-state index in [9.17, 15) is 13.2 Å². The molecule has 142 valence electrons. The van der Waals surface area contributed by atoms with Crippen molar-refractivity contribution in [2.45, 2.75) is 25.2 Å². The van der Waals surface area contributed by atoms with Gasteiger partial charge in [-0.1, -0.05) is 11.6 Å². The van der Waals surface area contributed by atoms with Crippen LogP contribution in [-0.4, -0.2) is 26.6 Å². The van der Waals surface area contributed by atoms with Crippen molar-refractivity contribution < 1.29 is 13.2 Å². The number of nitrogens with one attached hydrogen (secondary N) is 2. The molecule has 0 bridgehead atoms. The molecule has 0 aliphatic rings. The third-order valence-electron chi connectivity index (χ3n) is 4.21. The lowest BCUT2D eigenvalue weighted by Crippen LogP contribution is -2.27. The fourth-order valence-corrected chi connectivity index (χ4v) is 3.87. The Morgan fingerprint density at radius 3 is 2.52 bits per heavy atom. The summed E-state index contributed by atoms with van der Waals surface area (Å²) in [5.74, 6) is 0.620. The Labute approximate surface area is 158 Å². The number of ether oxygens (including phenoxy) is 1. The summed E-state index contributed by atoms with van der Waals surface area (Å²) in [7, 11) is -3.64. The number of fused-ring (bicyclic) bond motifs is 1. The largest absolute Gasteiger partial charge is 0.494 e. The van der Waals surface area contributed by atoms with Gasteiger partial charge in [0.15, 0.2) is 0 Å². The van der Waals surface area contributed by atoms with E-state index in [-0.39, 0.29) is 17.0 Å². The third kappa shape index (κ3) is 4.56. The molecule has 0 aliphatic carbocycles. The van der Waals surface area contributed by atoms with Crippen molar-refractivity contribution in [1.82, 2.24) is 9.71 Å². The number of aromatic nitrogens is 1. The van der Waals surface area contributed by atoms with Crippen molar-refractivity contribution in [3.63, 3.8) is 0 Å². The van der Waals surface area contributed by atoms with Crippen LogP contribution in [0.2, 0.25) is 0 Å². The van der Waals surface area contributed by atoms with Gasteiger partial charge in [-0.15, -0.1) is 0 Å². The van der Waals surface area contributed by atoms with Crippen LogP contribution in [0.5, 0.6) is 5.75 Å². The Bertz CT molecular complexity index is 1100. The quantitative estimate of drug-likeness (QED) is 0.654. The highest BCUT2D eigenvalue weighted by Gasteiger charge is 2.14. The monoisotopic (exact) mass is 386 g/mol. The molecule has 27 heavy (non-hydrogen) atoms. The Hall–Kier alpha value is -2.64. The molecule has 3 aromatic rings. The average Bonchev–Trinajstić information content (AvgIpc) is 2.63. The van der Waals surface area contributed by atoms with Crippen LogP contribution < -0.4 is 15.0 Å². The van der Waals surface area contributed by atoms with E-state index in [0.29, 0.717) is 24.3 Å². The van der Waals surface area contributed by atoms with E-state index in [2.05, 4.69) is 9.71 Å². The maximum absolute atomic E-state index is 12.4. The van der Waals surface area contributed by atoms with Crippen molar-refractivity contribution in [2.75, 3.05) is 13.2 Å². The van der Waals surface area contributed by atoms with E-state index in [1.165, 1.54) is 12.1 Å². The summed E-state index contributed by atoms with van der Waals surface area (Å²) in [5.41, 5.74) is 2.20. The number of aryl methyl sites for hydroxylation is 1. The van der Waals surface area contributed by atoms with Gasteiger partial charge < -0.3 is 9.72 Å². The molecule has 0 spiro atoms. The van der Waals surface area contributed by atoms with Crippen LogP contribution in [0.25, 0.3) is 10.9 Å². The van der Waals surface area contributed by atoms with Crippen LogP contribution in [-0.2, 0) is 16.4 Å². The zero-order valence-electron chi connectivity index (χ0n) is 15.3. The fraction of sp³-hybridized carbons (Fsp3) is 0.250. The number of H-pyrrole nitrogens is 1. The van der Waals surface area contributed by atoms with Gasteiger partial charge in [-0.25, -0.2) is 13.1 Å². The Kier molecular flexibility index (Phi) is 5.62. The second kappa shape index (κ2) is 7.94. The first-order chi connectivity index (χ1) is 12.9. The summed E-state index contributed by atoms with van der Waals surface area (Å²) in [5, 5.41) is 0.930. The SMILES string of the molecule is CCOc1ccc(S(=O)(=O)NCCc2cc3cc(C)ccc3[nH]c2=O)cc1. The minimum absolute atomic E-state index is 0.135. The van der Waals surface area contributed by atoms with Crippen LogP contribution in [0.4, 0.5) is 0 Å². The zero-order chi connectivity index (χ0) is 19.4. The van der Waals surface area contributed by atoms with Gasteiger partial charge in [-0.2, -0.15) is 0 Å². The number of sulfonamides is 1. The highest BCUT2D eigenvalue weighted by atomic mass is 32.2. The van der Waals surface area contributed by atoms with Crippen LogP contribution in [0.15, 0.2) is 58.2 Å². The topological polar surface area (TPSA) is 88.3 Å². The van der Waals surface area contributed by atoms with Crippen molar-refractivity contribution in [1.29, 1.82) is 0 Å². The number of hydrogen-bond acceptors (Lipinski definition) is 4. The van der Waals surface area contributed by atoms with Gasteiger partial charge in [0.25, 0.3) is 5.56 Å². The van der Waals surface area contributed by atoms with Crippen molar-refractivity contribution >= 4 is 20.9 Å².